The van der Waals surface area contributed by atoms with Crippen molar-refractivity contribution < 1.29 is 8.81 Å². The molecule has 5 nitrogen and oxygen atoms in total. The van der Waals surface area contributed by atoms with E-state index in [4.69, 9.17) is 15.9 Å². The average Bonchev–Trinajstić information content (AvgIpc) is 2.69. The molecule has 1 aromatic heterocycles. The van der Waals surface area contributed by atoms with Gasteiger partial charge in [0.15, 0.2) is 0 Å². The second kappa shape index (κ2) is 4.01. The first-order chi connectivity index (χ1) is 7.68. The Morgan fingerprint density at radius 3 is 2.88 bits per heavy atom. The van der Waals surface area contributed by atoms with Gasteiger partial charge in [-0.15, -0.1) is 5.10 Å². The summed E-state index contributed by atoms with van der Waals surface area (Å²) in [4.78, 5) is 0. The number of hydrogen-bond acceptors (Lipinski definition) is 3. The first-order valence-corrected chi connectivity index (χ1v) is 4.46. The lowest BCUT2D eigenvalue weighted by Crippen LogP contribution is -2.21. The molecule has 0 radical (unpaired) electrons. The van der Waals surface area contributed by atoms with Crippen LogP contribution in [0.1, 0.15) is 5.56 Å². The first-order valence-electron chi connectivity index (χ1n) is 4.46. The molecule has 0 atom stereocenters. The van der Waals surface area contributed by atoms with Crippen LogP contribution in [-0.2, 0) is 0 Å². The van der Waals surface area contributed by atoms with E-state index in [9.17, 15) is 4.39 Å². The van der Waals surface area contributed by atoms with Crippen LogP contribution in [0.15, 0.2) is 39.1 Å². The number of benzene rings is 1. The summed E-state index contributed by atoms with van der Waals surface area (Å²) in [6.45, 7) is 0. The third-order valence-electron chi connectivity index (χ3n) is 1.98. The van der Waals surface area contributed by atoms with E-state index in [-0.39, 0.29) is 11.5 Å². The first kappa shape index (κ1) is 10.2. The summed E-state index contributed by atoms with van der Waals surface area (Å²) in [5.41, 5.74) is 11.0. The molecule has 0 aliphatic carbocycles. The molecule has 2 rings (SSSR count). The highest BCUT2D eigenvalue weighted by Crippen LogP contribution is 2.21. The highest BCUT2D eigenvalue weighted by atomic mass is 19.1. The molecule has 0 bridgehead atoms. The van der Waals surface area contributed by atoms with Crippen LogP contribution in [0.5, 0.6) is 0 Å². The number of rotatable bonds is 2. The Morgan fingerprint density at radius 1 is 1.31 bits per heavy atom. The molecule has 0 saturated heterocycles. The number of nitrogens with zero attached hydrogens (tertiary/aromatic N) is 2. The highest BCUT2D eigenvalue weighted by Gasteiger charge is 2.07. The maximum absolute atomic E-state index is 13.5. The second-order valence-electron chi connectivity index (χ2n) is 3.06. The molecule has 2 aromatic rings. The molecular formula is C10H9FN4O. The molecule has 0 fully saturated rings. The Balaban J connectivity index is 2.50. The largest absolute Gasteiger partial charge is 0.464 e. The van der Waals surface area contributed by atoms with E-state index in [1.54, 1.807) is 12.1 Å². The van der Waals surface area contributed by atoms with E-state index >= 15 is 0 Å². The number of fused-ring (bicyclic) bond motifs is 1. The fourth-order valence-electron chi connectivity index (χ4n) is 1.32. The van der Waals surface area contributed by atoms with Gasteiger partial charge in [-0.2, -0.15) is 5.10 Å². The third-order valence-corrected chi connectivity index (χ3v) is 1.98. The predicted octanol–water partition coefficient (Wildman–Crippen LogP) is 1.18. The van der Waals surface area contributed by atoms with Crippen LogP contribution in [0, 0.1) is 5.82 Å². The summed E-state index contributed by atoms with van der Waals surface area (Å²) in [5.74, 6) is -0.598. The minimum absolute atomic E-state index is 0.184. The van der Waals surface area contributed by atoms with Gasteiger partial charge in [-0.1, -0.05) is 0 Å². The SMILES string of the molecule is NC(N)=NN=Cc1c(F)ccc2occc12. The maximum Gasteiger partial charge on any atom is 0.211 e. The highest BCUT2D eigenvalue weighted by molar-refractivity contribution is 5.98. The Morgan fingerprint density at radius 2 is 2.12 bits per heavy atom. The maximum atomic E-state index is 13.5. The number of furan rings is 1. The minimum atomic E-state index is -0.413. The van der Waals surface area contributed by atoms with Gasteiger partial charge in [0.1, 0.15) is 11.4 Å². The van der Waals surface area contributed by atoms with Gasteiger partial charge in [0.2, 0.25) is 5.96 Å². The van der Waals surface area contributed by atoms with Crippen molar-refractivity contribution >= 4 is 23.1 Å². The van der Waals surface area contributed by atoms with Gasteiger partial charge in [0.05, 0.1) is 12.5 Å². The minimum Gasteiger partial charge on any atom is -0.464 e. The Hall–Kier alpha value is -2.37. The van der Waals surface area contributed by atoms with E-state index in [2.05, 4.69) is 10.2 Å². The molecule has 0 spiro atoms. The third kappa shape index (κ3) is 1.85. The standard InChI is InChI=1S/C10H9FN4O/c11-8-1-2-9-6(3-4-16-9)7(8)5-14-15-10(12)13/h1-5H,(H4,12,13,15). The van der Waals surface area contributed by atoms with Crippen molar-refractivity contribution in [3.63, 3.8) is 0 Å². The van der Waals surface area contributed by atoms with E-state index < -0.39 is 5.82 Å². The summed E-state index contributed by atoms with van der Waals surface area (Å²) < 4.78 is 18.6. The smallest absolute Gasteiger partial charge is 0.211 e. The summed E-state index contributed by atoms with van der Waals surface area (Å²) in [7, 11) is 0. The topological polar surface area (TPSA) is 89.9 Å². The monoisotopic (exact) mass is 220 g/mol. The van der Waals surface area contributed by atoms with Crippen molar-refractivity contribution in [2.24, 2.45) is 21.7 Å². The van der Waals surface area contributed by atoms with Crippen molar-refractivity contribution in [2.45, 2.75) is 0 Å². The molecule has 1 heterocycles. The Labute approximate surface area is 90.2 Å². The van der Waals surface area contributed by atoms with Crippen molar-refractivity contribution in [2.75, 3.05) is 0 Å². The molecule has 0 amide bonds. The molecule has 16 heavy (non-hydrogen) atoms. The Kier molecular flexibility index (Phi) is 2.55. The fraction of sp³-hybridized carbons (Fsp3) is 0. The van der Waals surface area contributed by atoms with Gasteiger partial charge in [-0.25, -0.2) is 4.39 Å². The second-order valence-corrected chi connectivity index (χ2v) is 3.06. The lowest BCUT2D eigenvalue weighted by atomic mass is 10.1. The quantitative estimate of drug-likeness (QED) is 0.452. The van der Waals surface area contributed by atoms with E-state index in [0.29, 0.717) is 11.0 Å². The van der Waals surface area contributed by atoms with Crippen LogP contribution in [0.4, 0.5) is 4.39 Å². The van der Waals surface area contributed by atoms with Crippen molar-refractivity contribution in [1.82, 2.24) is 0 Å². The number of nitrogens with two attached hydrogens (primary N) is 2. The predicted molar refractivity (Wildman–Crippen MR) is 59.6 cm³/mol. The number of guanidine groups is 1. The van der Waals surface area contributed by atoms with Gasteiger partial charge in [0, 0.05) is 10.9 Å². The van der Waals surface area contributed by atoms with Crippen LogP contribution in [0.3, 0.4) is 0 Å². The summed E-state index contributed by atoms with van der Waals surface area (Å²) in [5, 5.41) is 7.58. The zero-order valence-electron chi connectivity index (χ0n) is 8.22. The van der Waals surface area contributed by atoms with Gasteiger partial charge >= 0.3 is 0 Å². The average molecular weight is 220 g/mol. The fourth-order valence-corrected chi connectivity index (χ4v) is 1.32. The van der Waals surface area contributed by atoms with Gasteiger partial charge in [-0.3, -0.25) is 0 Å². The van der Waals surface area contributed by atoms with E-state index in [0.717, 1.165) is 0 Å². The molecule has 4 N–H and O–H groups in total. The number of hydrogen-bond donors (Lipinski definition) is 2. The van der Waals surface area contributed by atoms with Crippen LogP contribution in [0.2, 0.25) is 0 Å². The number of halogens is 1. The van der Waals surface area contributed by atoms with Gasteiger partial charge < -0.3 is 15.9 Å². The van der Waals surface area contributed by atoms with E-state index in [1.165, 1.54) is 18.5 Å². The normalized spacial score (nSPS) is 11.1. The summed E-state index contributed by atoms with van der Waals surface area (Å²) >= 11 is 0. The summed E-state index contributed by atoms with van der Waals surface area (Å²) in [6, 6.07) is 4.49. The molecule has 82 valence electrons. The molecule has 0 saturated carbocycles. The molecule has 0 aliphatic rings. The molecular weight excluding hydrogens is 211 g/mol. The summed E-state index contributed by atoms with van der Waals surface area (Å²) in [6.07, 6.45) is 2.72. The lowest BCUT2D eigenvalue weighted by molar-refractivity contribution is 0.609. The van der Waals surface area contributed by atoms with Crippen molar-refractivity contribution in [1.29, 1.82) is 0 Å². The van der Waals surface area contributed by atoms with Crippen molar-refractivity contribution in [3.8, 4) is 0 Å². The zero-order chi connectivity index (χ0) is 11.5. The van der Waals surface area contributed by atoms with Gasteiger partial charge in [0.25, 0.3) is 0 Å². The Bertz CT molecular complexity index is 569. The molecule has 6 heteroatoms. The van der Waals surface area contributed by atoms with Crippen LogP contribution in [-0.4, -0.2) is 12.2 Å². The molecule has 0 unspecified atom stereocenters. The zero-order valence-corrected chi connectivity index (χ0v) is 8.22. The van der Waals surface area contributed by atoms with Gasteiger partial charge in [-0.05, 0) is 18.2 Å². The molecule has 1 aromatic carbocycles. The van der Waals surface area contributed by atoms with Crippen LogP contribution in [0.25, 0.3) is 11.0 Å². The van der Waals surface area contributed by atoms with Crippen molar-refractivity contribution in [3.05, 3.63) is 35.8 Å². The molecule has 0 aliphatic heterocycles. The van der Waals surface area contributed by atoms with Crippen LogP contribution >= 0.6 is 0 Å². The lowest BCUT2D eigenvalue weighted by Gasteiger charge is -1.96. The van der Waals surface area contributed by atoms with E-state index in [1.807, 2.05) is 0 Å². The van der Waals surface area contributed by atoms with Crippen LogP contribution < -0.4 is 11.5 Å².